The summed E-state index contributed by atoms with van der Waals surface area (Å²) in [5.41, 5.74) is 33.6. The van der Waals surface area contributed by atoms with E-state index in [1.807, 2.05) is 37.6 Å². The second kappa shape index (κ2) is 28.6. The van der Waals surface area contributed by atoms with Gasteiger partial charge >= 0.3 is 0 Å². The summed E-state index contributed by atoms with van der Waals surface area (Å²) >= 11 is 0. The van der Waals surface area contributed by atoms with Gasteiger partial charge in [-0.3, -0.25) is 0 Å². The van der Waals surface area contributed by atoms with Gasteiger partial charge in [-0.1, -0.05) is 89.0 Å². The van der Waals surface area contributed by atoms with Gasteiger partial charge in [0.15, 0.2) is 31.0 Å². The molecule has 5 heterocycles. The number of aryl methyl sites for hydroxylation is 25. The van der Waals surface area contributed by atoms with Crippen molar-refractivity contribution in [1.82, 2.24) is 0 Å². The smallest absolute Gasteiger partial charge is 0.201 e. The molecule has 5 nitrogen and oxygen atoms in total. The number of benzene rings is 5. The lowest BCUT2D eigenvalue weighted by atomic mass is 9.97. The minimum atomic E-state index is -2.15. The lowest BCUT2D eigenvalue weighted by molar-refractivity contribution is -0.660. The first-order chi connectivity index (χ1) is 43.6. The van der Waals surface area contributed by atoms with Gasteiger partial charge in [-0.2, -0.15) is 0 Å². The zero-order valence-electron chi connectivity index (χ0n) is 64.2. The minimum Gasteiger partial charge on any atom is -0.201 e. The highest BCUT2D eigenvalue weighted by Gasteiger charge is 2.19. The molecule has 0 saturated heterocycles. The van der Waals surface area contributed by atoms with Crippen LogP contribution in [0.25, 0.3) is 56.3 Å². The van der Waals surface area contributed by atoms with Crippen molar-refractivity contribution in [2.45, 2.75) is 138 Å². The molecule has 0 radical (unpaired) electrons. The normalized spacial score (nSPS) is 12.7. The molecule has 85 heavy (non-hydrogen) atoms. The highest BCUT2D eigenvalue weighted by molar-refractivity contribution is 5.67. The molecule has 0 aliphatic rings. The zero-order chi connectivity index (χ0) is 70.4. The quantitative estimate of drug-likeness (QED) is 0.153. The molecule has 10 aromatic rings. The summed E-state index contributed by atoms with van der Waals surface area (Å²) in [5, 5.41) is 0. The first-order valence-corrected chi connectivity index (χ1v) is 29.4. The molecule has 0 aliphatic heterocycles. The SMILES string of the molecule is Cc1cc(-c2c(C)cccc2C)[n+](C)cc1C.Cc1ccc(-c2cc(C)c(C)c[n+]2C)c(C)c1.Cc1ccc(C)c(-c2cc(C)c(C)c[n+]2C)c1.[2H]C([2H])([2H])c1c[n+](C)c(-c2cc(C)ccc2C)cc1C.[2H]C([2H])([2H])c1ccc(-c2cc(C)c(C([2H])([2H])[2H])c[n+]2C)c(C)c1. The van der Waals surface area contributed by atoms with Gasteiger partial charge in [-0.15, -0.1) is 0 Å². The van der Waals surface area contributed by atoms with Gasteiger partial charge in [0.25, 0.3) is 0 Å². The fraction of sp³-hybridized carbons (Fsp3) is 0.312. The topological polar surface area (TPSA) is 19.4 Å². The Morgan fingerprint density at radius 3 is 0.882 bits per heavy atom. The number of rotatable bonds is 5. The van der Waals surface area contributed by atoms with Crippen LogP contribution < -0.4 is 22.8 Å². The highest BCUT2D eigenvalue weighted by atomic mass is 14.9. The van der Waals surface area contributed by atoms with E-state index in [1.165, 1.54) is 112 Å². The molecule has 0 fully saturated rings. The number of nitrogens with zero attached hydrogens (tertiary/aromatic N) is 5. The Kier molecular flexibility index (Phi) is 18.0. The van der Waals surface area contributed by atoms with Gasteiger partial charge in [-0.05, 0) is 224 Å². The molecule has 0 atom stereocenters. The molecule has 5 aromatic carbocycles. The van der Waals surface area contributed by atoms with Crippen molar-refractivity contribution in [2.75, 3.05) is 0 Å². The Hall–Kier alpha value is -8.15. The number of hydrogen-bond acceptors (Lipinski definition) is 0. The van der Waals surface area contributed by atoms with Crippen LogP contribution in [0.5, 0.6) is 0 Å². The molecule has 0 spiro atoms. The second-order valence-electron chi connectivity index (χ2n) is 23.9. The van der Waals surface area contributed by atoms with Gasteiger partial charge in [0.2, 0.25) is 28.5 Å². The first-order valence-electron chi connectivity index (χ1n) is 33.9. The molecular formula is C80H100N5+5. The van der Waals surface area contributed by atoms with Gasteiger partial charge in [0, 0.05) is 92.7 Å². The van der Waals surface area contributed by atoms with Gasteiger partial charge in [0.1, 0.15) is 35.2 Å². The van der Waals surface area contributed by atoms with Gasteiger partial charge in [-0.25, -0.2) is 22.8 Å². The maximum absolute atomic E-state index is 7.58. The Labute approximate surface area is 526 Å². The Bertz CT molecular complexity index is 4400. The number of hydrogen-bond donors (Lipinski definition) is 0. The van der Waals surface area contributed by atoms with Crippen molar-refractivity contribution in [3.8, 4) is 56.3 Å². The lowest BCUT2D eigenvalue weighted by Crippen LogP contribution is -2.31. The van der Waals surface area contributed by atoms with E-state index in [0.717, 1.165) is 33.6 Å². The van der Waals surface area contributed by atoms with Crippen LogP contribution in [0.4, 0.5) is 0 Å². The Balaban J connectivity index is 0.000000187. The van der Waals surface area contributed by atoms with Crippen LogP contribution in [-0.2, 0) is 35.2 Å². The van der Waals surface area contributed by atoms with E-state index in [-0.39, 0.29) is 0 Å². The highest BCUT2D eigenvalue weighted by Crippen LogP contribution is 2.28. The fourth-order valence-electron chi connectivity index (χ4n) is 10.8. The molecule has 5 heteroatoms. The molecule has 0 saturated carbocycles. The average Bonchev–Trinajstić information content (AvgIpc) is 0.806. The van der Waals surface area contributed by atoms with E-state index >= 15 is 0 Å². The van der Waals surface area contributed by atoms with Crippen LogP contribution in [0.15, 0.2) is 152 Å². The summed E-state index contributed by atoms with van der Waals surface area (Å²) in [5.74, 6) is 0. The lowest BCUT2D eigenvalue weighted by Gasteiger charge is -2.09. The predicted octanol–water partition coefficient (Wildman–Crippen LogP) is 17.1. The van der Waals surface area contributed by atoms with E-state index in [0.29, 0.717) is 22.3 Å². The number of aromatic nitrogens is 5. The van der Waals surface area contributed by atoms with E-state index in [1.54, 1.807) is 49.1 Å². The van der Waals surface area contributed by atoms with Crippen LogP contribution >= 0.6 is 0 Å². The fourth-order valence-corrected chi connectivity index (χ4v) is 10.8. The summed E-state index contributed by atoms with van der Waals surface area (Å²) in [4.78, 5) is 0. The summed E-state index contributed by atoms with van der Waals surface area (Å²) in [7, 11) is 10.0. The largest absolute Gasteiger partial charge is 0.213 e. The van der Waals surface area contributed by atoms with E-state index in [2.05, 4.69) is 241 Å². The van der Waals surface area contributed by atoms with Crippen LogP contribution in [0.3, 0.4) is 0 Å². The Morgan fingerprint density at radius 1 is 0.224 bits per heavy atom. The maximum atomic E-state index is 7.58. The predicted molar refractivity (Wildman–Crippen MR) is 360 cm³/mol. The summed E-state index contributed by atoms with van der Waals surface area (Å²) in [6.45, 7) is 29.2. The molecule has 0 unspecified atom stereocenters. The molecule has 10 rings (SSSR count). The van der Waals surface area contributed by atoms with Crippen molar-refractivity contribution in [1.29, 1.82) is 0 Å². The molecular weight excluding hydrogens is 1030 g/mol. The molecule has 0 amide bonds. The second-order valence-corrected chi connectivity index (χ2v) is 23.9. The third-order valence-electron chi connectivity index (χ3n) is 16.4. The summed E-state index contributed by atoms with van der Waals surface area (Å²) < 4.78 is 78.3. The molecule has 0 N–H and O–H groups in total. The molecule has 5 aromatic heterocycles. The average molecular weight is 1140 g/mol. The van der Waals surface area contributed by atoms with E-state index in [9.17, 15) is 0 Å². The zero-order valence-corrected chi connectivity index (χ0v) is 55.2. The van der Waals surface area contributed by atoms with Crippen molar-refractivity contribution < 1.29 is 35.2 Å². The van der Waals surface area contributed by atoms with Crippen molar-refractivity contribution in [3.05, 3.63) is 264 Å². The Morgan fingerprint density at radius 2 is 0.518 bits per heavy atom. The van der Waals surface area contributed by atoms with Crippen LogP contribution in [0, 0.1) is 138 Å². The molecule has 0 aliphatic carbocycles. The van der Waals surface area contributed by atoms with Crippen LogP contribution in [0.1, 0.15) is 124 Å². The van der Waals surface area contributed by atoms with E-state index < -0.39 is 20.6 Å². The van der Waals surface area contributed by atoms with Crippen LogP contribution in [-0.4, -0.2) is 0 Å². The number of pyridine rings is 5. The van der Waals surface area contributed by atoms with Crippen molar-refractivity contribution in [2.24, 2.45) is 35.2 Å². The first kappa shape index (κ1) is 53.6. The van der Waals surface area contributed by atoms with E-state index in [4.69, 9.17) is 12.3 Å². The monoisotopic (exact) mass is 1140 g/mol. The standard InChI is InChI=1S/5C16H20N/c2*1-11-6-7-15(13(3)8-11)16-9-12(2)14(4)10-17(16)5;2*1-11-6-7-12(2)15(8-11)16-9-13(3)14(4)10-17(16)5;1-11-7-6-8-12(2)16(11)15-9-13(3)14(4)10-17(15)5/h5*6-10H,1-5H3/q5*+1/i1D3,4D3;;4D3;;. The third-order valence-corrected chi connectivity index (χ3v) is 16.4. The van der Waals surface area contributed by atoms with Gasteiger partial charge < -0.3 is 0 Å². The van der Waals surface area contributed by atoms with Gasteiger partial charge in [0.05, 0.1) is 5.56 Å². The molecule has 0 bridgehead atoms. The summed E-state index contributed by atoms with van der Waals surface area (Å²) in [6.07, 6.45) is 9.95. The minimum absolute atomic E-state index is 0.303. The van der Waals surface area contributed by atoms with Crippen LogP contribution in [0.2, 0.25) is 0 Å². The summed E-state index contributed by atoms with van der Waals surface area (Å²) in [6, 6.07) is 41.7. The van der Waals surface area contributed by atoms with Crippen molar-refractivity contribution in [3.63, 3.8) is 0 Å². The van der Waals surface area contributed by atoms with Crippen molar-refractivity contribution >= 4 is 0 Å². The molecule has 440 valence electrons. The third kappa shape index (κ3) is 16.6. The maximum Gasteiger partial charge on any atom is 0.213 e.